The van der Waals surface area contributed by atoms with Gasteiger partial charge < -0.3 is 15.0 Å². The van der Waals surface area contributed by atoms with Crippen LogP contribution in [0.3, 0.4) is 0 Å². The molecule has 3 amide bonds. The lowest BCUT2D eigenvalue weighted by Gasteiger charge is -2.28. The first-order valence-corrected chi connectivity index (χ1v) is 15.0. The van der Waals surface area contributed by atoms with E-state index in [0.29, 0.717) is 30.1 Å². The van der Waals surface area contributed by atoms with Gasteiger partial charge in [0.2, 0.25) is 10.0 Å². The lowest BCUT2D eigenvalue weighted by molar-refractivity contribution is 0.138. The smallest absolute Gasteiger partial charge is 0.411 e. The zero-order valence-corrected chi connectivity index (χ0v) is 23.5. The highest BCUT2D eigenvalue weighted by atomic mass is 35.5. The van der Waals surface area contributed by atoms with Crippen LogP contribution in [0.1, 0.15) is 44.9 Å². The Balaban J connectivity index is 1.47. The third-order valence-corrected chi connectivity index (χ3v) is 8.34. The van der Waals surface area contributed by atoms with Gasteiger partial charge in [-0.1, -0.05) is 60.7 Å². The lowest BCUT2D eigenvalue weighted by atomic mass is 9.96. The number of unbranched alkanes of at least 4 members (excludes halogenated alkanes) is 1. The molecule has 38 heavy (non-hydrogen) atoms. The number of sulfonamides is 1. The van der Waals surface area contributed by atoms with E-state index < -0.39 is 16.1 Å². The summed E-state index contributed by atoms with van der Waals surface area (Å²) in [6.07, 6.45) is 5.70. The number of benzene rings is 2. The van der Waals surface area contributed by atoms with Crippen LogP contribution >= 0.6 is 23.2 Å². The molecule has 3 rings (SSSR count). The van der Waals surface area contributed by atoms with Crippen LogP contribution in [0.25, 0.3) is 0 Å². The second-order valence-corrected chi connectivity index (χ2v) is 11.7. The highest BCUT2D eigenvalue weighted by Gasteiger charge is 2.21. The number of urea groups is 1. The van der Waals surface area contributed by atoms with Crippen molar-refractivity contribution in [2.75, 3.05) is 31.6 Å². The van der Waals surface area contributed by atoms with Crippen LogP contribution in [0.15, 0.2) is 53.4 Å². The number of nitrogens with zero attached hydrogens (tertiary/aromatic N) is 1. The molecule has 1 fully saturated rings. The van der Waals surface area contributed by atoms with Crippen molar-refractivity contribution in [2.24, 2.45) is 0 Å². The number of nitrogens with one attached hydrogen (secondary N) is 3. The van der Waals surface area contributed by atoms with Crippen molar-refractivity contribution >= 4 is 51.0 Å². The second kappa shape index (κ2) is 15.2. The van der Waals surface area contributed by atoms with Crippen LogP contribution in [0.5, 0.6) is 0 Å². The van der Waals surface area contributed by atoms with Gasteiger partial charge in [-0.15, -0.1) is 0 Å². The molecule has 1 saturated carbocycles. The minimum Gasteiger partial charge on any atom is -0.447 e. The predicted octanol–water partition coefficient (Wildman–Crippen LogP) is 5.64. The molecule has 1 aliphatic rings. The molecule has 208 valence electrons. The van der Waals surface area contributed by atoms with Gasteiger partial charge in [-0.25, -0.2) is 22.7 Å². The summed E-state index contributed by atoms with van der Waals surface area (Å²) < 4.78 is 32.9. The third-order valence-electron chi connectivity index (χ3n) is 6.16. The average molecular weight is 586 g/mol. The van der Waals surface area contributed by atoms with E-state index in [-0.39, 0.29) is 41.7 Å². The number of hydrogen-bond acceptors (Lipinski definition) is 5. The van der Waals surface area contributed by atoms with Gasteiger partial charge in [-0.3, -0.25) is 5.32 Å². The summed E-state index contributed by atoms with van der Waals surface area (Å²) >= 11 is 11.9. The molecular formula is C26H34Cl2N4O5S. The molecule has 0 spiro atoms. The second-order valence-electron chi connectivity index (χ2n) is 9.08. The fourth-order valence-electron chi connectivity index (χ4n) is 4.16. The number of para-hydroxylation sites is 1. The van der Waals surface area contributed by atoms with Crippen molar-refractivity contribution in [3.05, 3.63) is 58.6 Å². The van der Waals surface area contributed by atoms with E-state index in [2.05, 4.69) is 15.4 Å². The molecule has 0 bridgehead atoms. The van der Waals surface area contributed by atoms with Crippen LogP contribution in [-0.2, 0) is 14.8 Å². The normalized spacial score (nSPS) is 14.1. The summed E-state index contributed by atoms with van der Waals surface area (Å²) in [5.41, 5.74) is 0.617. The van der Waals surface area contributed by atoms with Crippen molar-refractivity contribution in [1.82, 2.24) is 14.9 Å². The highest BCUT2D eigenvalue weighted by Crippen LogP contribution is 2.24. The standard InChI is InChI=1S/C26H34Cl2N4O5S/c27-20-13-14-24(23(28)19-20)38(35,36)29-15-7-8-16-32(25(33)30-21-9-3-1-4-10-21)17-18-37-26(34)31-22-11-5-2-6-12-22/h2,5-6,11-14,19,21,29H,1,3-4,7-10,15-18H2,(H,30,33)(H,31,34). The number of anilines is 1. The summed E-state index contributed by atoms with van der Waals surface area (Å²) in [7, 11) is -3.79. The SMILES string of the molecule is O=C(Nc1ccccc1)OCCN(CCCCNS(=O)(=O)c1ccc(Cl)cc1Cl)C(=O)NC1CCCCC1. The Labute approximate surface area is 234 Å². The van der Waals surface area contributed by atoms with Crippen molar-refractivity contribution in [3.8, 4) is 0 Å². The van der Waals surface area contributed by atoms with Crippen molar-refractivity contribution < 1.29 is 22.7 Å². The molecule has 0 unspecified atom stereocenters. The van der Waals surface area contributed by atoms with E-state index in [1.807, 2.05) is 6.07 Å². The van der Waals surface area contributed by atoms with E-state index in [1.165, 1.54) is 24.6 Å². The number of ether oxygens (including phenoxy) is 1. The van der Waals surface area contributed by atoms with Crippen LogP contribution in [0, 0.1) is 0 Å². The molecule has 12 heteroatoms. The Hall–Kier alpha value is -2.53. The fourth-order valence-corrected chi connectivity index (χ4v) is 6.00. The van der Waals surface area contributed by atoms with Gasteiger partial charge in [0.15, 0.2) is 0 Å². The molecule has 2 aromatic carbocycles. The van der Waals surface area contributed by atoms with Crippen LogP contribution < -0.4 is 15.4 Å². The average Bonchev–Trinajstić information content (AvgIpc) is 2.88. The predicted molar refractivity (Wildman–Crippen MR) is 149 cm³/mol. The highest BCUT2D eigenvalue weighted by molar-refractivity contribution is 7.89. The van der Waals surface area contributed by atoms with Gasteiger partial charge in [-0.05, 0) is 56.0 Å². The molecule has 9 nitrogen and oxygen atoms in total. The largest absolute Gasteiger partial charge is 0.447 e. The third kappa shape index (κ3) is 9.98. The first-order chi connectivity index (χ1) is 18.2. The topological polar surface area (TPSA) is 117 Å². The van der Waals surface area contributed by atoms with E-state index in [0.717, 1.165) is 25.7 Å². The summed E-state index contributed by atoms with van der Waals surface area (Å²) in [5, 5.41) is 6.13. The van der Waals surface area contributed by atoms with Gasteiger partial charge in [0, 0.05) is 29.8 Å². The van der Waals surface area contributed by atoms with Gasteiger partial charge in [0.25, 0.3) is 0 Å². The van der Waals surface area contributed by atoms with Crippen molar-refractivity contribution in [3.63, 3.8) is 0 Å². The van der Waals surface area contributed by atoms with Crippen LogP contribution in [-0.4, -0.2) is 57.7 Å². The number of rotatable bonds is 12. The fraction of sp³-hybridized carbons (Fsp3) is 0.462. The quantitative estimate of drug-likeness (QED) is 0.279. The minimum absolute atomic E-state index is 0.0262. The molecule has 0 atom stereocenters. The lowest BCUT2D eigenvalue weighted by Crippen LogP contribution is -2.47. The molecule has 0 radical (unpaired) electrons. The first-order valence-electron chi connectivity index (χ1n) is 12.7. The Morgan fingerprint density at radius 3 is 2.42 bits per heavy atom. The maximum absolute atomic E-state index is 13.0. The summed E-state index contributed by atoms with van der Waals surface area (Å²) in [4.78, 5) is 26.6. The van der Waals surface area contributed by atoms with E-state index >= 15 is 0 Å². The van der Waals surface area contributed by atoms with Gasteiger partial charge in [0.1, 0.15) is 11.5 Å². The first kappa shape index (κ1) is 30.0. The molecule has 0 heterocycles. The van der Waals surface area contributed by atoms with Gasteiger partial charge in [-0.2, -0.15) is 0 Å². The monoisotopic (exact) mass is 584 g/mol. The summed E-state index contributed by atoms with van der Waals surface area (Å²) in [6.45, 7) is 0.798. The van der Waals surface area contributed by atoms with Gasteiger partial charge in [0.05, 0.1) is 11.6 Å². The Morgan fingerprint density at radius 2 is 1.71 bits per heavy atom. The zero-order valence-electron chi connectivity index (χ0n) is 21.1. The molecule has 2 aromatic rings. The summed E-state index contributed by atoms with van der Waals surface area (Å²) in [6, 6.07) is 13.1. The van der Waals surface area contributed by atoms with Crippen LogP contribution in [0.4, 0.5) is 15.3 Å². The number of carbonyl (C=O) groups excluding carboxylic acids is 2. The maximum atomic E-state index is 13.0. The molecule has 0 aromatic heterocycles. The Bertz CT molecular complexity index is 1160. The number of hydrogen-bond donors (Lipinski definition) is 3. The Kier molecular flexibility index (Phi) is 12.0. The van der Waals surface area contributed by atoms with E-state index in [4.69, 9.17) is 27.9 Å². The van der Waals surface area contributed by atoms with Crippen molar-refractivity contribution in [2.45, 2.75) is 55.9 Å². The maximum Gasteiger partial charge on any atom is 0.411 e. The number of halogens is 2. The number of amides is 3. The van der Waals surface area contributed by atoms with Crippen LogP contribution in [0.2, 0.25) is 10.0 Å². The summed E-state index contributed by atoms with van der Waals surface area (Å²) in [5.74, 6) is 0. The van der Waals surface area contributed by atoms with Gasteiger partial charge >= 0.3 is 12.1 Å². The van der Waals surface area contributed by atoms with Crippen molar-refractivity contribution in [1.29, 1.82) is 0 Å². The molecule has 0 aliphatic heterocycles. The molecular weight excluding hydrogens is 551 g/mol. The molecule has 1 aliphatic carbocycles. The van der Waals surface area contributed by atoms with E-state index in [9.17, 15) is 18.0 Å². The minimum atomic E-state index is -3.79. The number of carbonyl (C=O) groups is 2. The molecule has 0 saturated heterocycles. The zero-order chi connectivity index (χ0) is 27.4. The van der Waals surface area contributed by atoms with E-state index in [1.54, 1.807) is 29.2 Å². The Morgan fingerprint density at radius 1 is 0.974 bits per heavy atom. The molecule has 3 N–H and O–H groups in total.